The first-order chi connectivity index (χ1) is 4.88. The molecule has 4 N–H and O–H groups in total. The lowest BCUT2D eigenvalue weighted by Gasteiger charge is -2.17. The number of hydrogen-bond acceptors (Lipinski definition) is 2. The average molecular weight is 213 g/mol. The summed E-state index contributed by atoms with van der Waals surface area (Å²) in [6.45, 7) is 1.43. The molecule has 74 valence electrons. The minimum absolute atomic E-state index is 0. The van der Waals surface area contributed by atoms with E-state index in [9.17, 15) is 0 Å². The van der Waals surface area contributed by atoms with Crippen LogP contribution in [0.1, 0.15) is 25.7 Å². The van der Waals surface area contributed by atoms with Crippen molar-refractivity contribution in [3.05, 3.63) is 11.1 Å². The first kappa shape index (κ1) is 14.7. The lowest BCUT2D eigenvalue weighted by molar-refractivity contribution is 0.653. The van der Waals surface area contributed by atoms with Gasteiger partial charge in [-0.2, -0.15) is 0 Å². The van der Waals surface area contributed by atoms with Crippen LogP contribution in [0.15, 0.2) is 11.1 Å². The van der Waals surface area contributed by atoms with Crippen molar-refractivity contribution in [1.29, 1.82) is 0 Å². The zero-order chi connectivity index (χ0) is 7.40. The van der Waals surface area contributed by atoms with Gasteiger partial charge in [-0.1, -0.05) is 11.1 Å². The van der Waals surface area contributed by atoms with Crippen molar-refractivity contribution in [3.63, 3.8) is 0 Å². The van der Waals surface area contributed by atoms with E-state index < -0.39 is 0 Å². The highest BCUT2D eigenvalue weighted by molar-refractivity contribution is 5.85. The zero-order valence-electron chi connectivity index (χ0n) is 7.21. The molecule has 0 aromatic rings. The molecule has 0 fully saturated rings. The fourth-order valence-electron chi connectivity index (χ4n) is 1.52. The van der Waals surface area contributed by atoms with E-state index in [2.05, 4.69) is 0 Å². The molecule has 0 unspecified atom stereocenters. The highest BCUT2D eigenvalue weighted by atomic mass is 35.5. The van der Waals surface area contributed by atoms with E-state index in [1.165, 1.54) is 36.8 Å². The Morgan fingerprint density at radius 2 is 1.17 bits per heavy atom. The van der Waals surface area contributed by atoms with E-state index in [0.717, 1.165) is 0 Å². The van der Waals surface area contributed by atoms with Gasteiger partial charge >= 0.3 is 0 Å². The van der Waals surface area contributed by atoms with E-state index in [0.29, 0.717) is 13.1 Å². The molecule has 0 radical (unpaired) electrons. The molecule has 1 aliphatic carbocycles. The van der Waals surface area contributed by atoms with Crippen LogP contribution in [-0.4, -0.2) is 13.1 Å². The normalized spacial score (nSPS) is 16.5. The average Bonchev–Trinajstić information content (AvgIpc) is 2.04. The van der Waals surface area contributed by atoms with Crippen LogP contribution in [0.3, 0.4) is 0 Å². The summed E-state index contributed by atoms with van der Waals surface area (Å²) in [5.41, 5.74) is 13.9. The van der Waals surface area contributed by atoms with Crippen LogP contribution in [0.4, 0.5) is 0 Å². The Balaban J connectivity index is 0. The summed E-state index contributed by atoms with van der Waals surface area (Å²) in [7, 11) is 0. The molecule has 0 aromatic carbocycles. The Bertz CT molecular complexity index is 130. The fourth-order valence-corrected chi connectivity index (χ4v) is 1.52. The van der Waals surface area contributed by atoms with Crippen LogP contribution in [0, 0.1) is 0 Å². The van der Waals surface area contributed by atoms with Gasteiger partial charge < -0.3 is 11.5 Å². The van der Waals surface area contributed by atoms with Gasteiger partial charge in [0, 0.05) is 13.1 Å². The summed E-state index contributed by atoms with van der Waals surface area (Å²) in [4.78, 5) is 0. The minimum atomic E-state index is 0. The number of nitrogens with two attached hydrogens (primary N) is 2. The van der Waals surface area contributed by atoms with Crippen molar-refractivity contribution >= 4 is 24.8 Å². The van der Waals surface area contributed by atoms with Crippen molar-refractivity contribution < 1.29 is 0 Å². The maximum atomic E-state index is 5.56. The topological polar surface area (TPSA) is 52.0 Å². The Labute approximate surface area is 86.6 Å². The fraction of sp³-hybridized carbons (Fsp3) is 0.750. The second-order valence-electron chi connectivity index (χ2n) is 2.82. The third-order valence-corrected chi connectivity index (χ3v) is 2.20. The Morgan fingerprint density at radius 1 is 0.833 bits per heavy atom. The molecule has 0 bridgehead atoms. The second kappa shape index (κ2) is 7.87. The van der Waals surface area contributed by atoms with Crippen LogP contribution in [0.25, 0.3) is 0 Å². The first-order valence-electron chi connectivity index (χ1n) is 3.98. The molecule has 1 aliphatic rings. The SMILES string of the molecule is Cl.Cl.NCC1=C(CN)CCCC1. The lowest BCUT2D eigenvalue weighted by atomic mass is 9.92. The molecule has 2 nitrogen and oxygen atoms in total. The van der Waals surface area contributed by atoms with Crippen LogP contribution in [0.2, 0.25) is 0 Å². The number of rotatable bonds is 2. The molecule has 0 spiro atoms. The van der Waals surface area contributed by atoms with Gasteiger partial charge in [0.25, 0.3) is 0 Å². The quantitative estimate of drug-likeness (QED) is 0.685. The van der Waals surface area contributed by atoms with E-state index in [-0.39, 0.29) is 24.8 Å². The highest BCUT2D eigenvalue weighted by Gasteiger charge is 2.08. The summed E-state index contributed by atoms with van der Waals surface area (Å²) in [6, 6.07) is 0. The third-order valence-electron chi connectivity index (χ3n) is 2.20. The Morgan fingerprint density at radius 3 is 1.42 bits per heavy atom. The van der Waals surface area contributed by atoms with Gasteiger partial charge in [-0.3, -0.25) is 0 Å². The maximum absolute atomic E-state index is 5.56. The minimum Gasteiger partial charge on any atom is -0.327 e. The predicted molar refractivity (Wildman–Crippen MR) is 58.1 cm³/mol. The molecule has 12 heavy (non-hydrogen) atoms. The van der Waals surface area contributed by atoms with E-state index in [1.54, 1.807) is 0 Å². The molecule has 0 amide bonds. The van der Waals surface area contributed by atoms with Crippen molar-refractivity contribution in [2.24, 2.45) is 11.5 Å². The standard InChI is InChI=1S/C8H16N2.2ClH/c9-5-7-3-1-2-4-8(7)6-10;;/h1-6,9-10H2;2*1H. The molecule has 1 rings (SSSR count). The van der Waals surface area contributed by atoms with E-state index >= 15 is 0 Å². The van der Waals surface area contributed by atoms with Crippen LogP contribution >= 0.6 is 24.8 Å². The molecule has 0 aromatic heterocycles. The third kappa shape index (κ3) is 3.76. The smallest absolute Gasteiger partial charge is 0.0140 e. The Kier molecular flexibility index (Phi) is 9.67. The van der Waals surface area contributed by atoms with Crippen LogP contribution < -0.4 is 11.5 Å². The molecule has 0 atom stereocenters. The van der Waals surface area contributed by atoms with Gasteiger partial charge in [-0.15, -0.1) is 24.8 Å². The number of hydrogen-bond donors (Lipinski definition) is 2. The zero-order valence-corrected chi connectivity index (χ0v) is 8.85. The second-order valence-corrected chi connectivity index (χ2v) is 2.82. The van der Waals surface area contributed by atoms with E-state index in [4.69, 9.17) is 11.5 Å². The number of halogens is 2. The van der Waals surface area contributed by atoms with Gasteiger partial charge in [0.1, 0.15) is 0 Å². The summed E-state index contributed by atoms with van der Waals surface area (Å²) < 4.78 is 0. The van der Waals surface area contributed by atoms with Gasteiger partial charge in [0.05, 0.1) is 0 Å². The van der Waals surface area contributed by atoms with Gasteiger partial charge in [-0.25, -0.2) is 0 Å². The van der Waals surface area contributed by atoms with Crippen molar-refractivity contribution in [2.45, 2.75) is 25.7 Å². The van der Waals surface area contributed by atoms with Crippen molar-refractivity contribution in [3.8, 4) is 0 Å². The van der Waals surface area contributed by atoms with Crippen molar-refractivity contribution in [2.75, 3.05) is 13.1 Å². The monoisotopic (exact) mass is 212 g/mol. The van der Waals surface area contributed by atoms with Crippen molar-refractivity contribution in [1.82, 2.24) is 0 Å². The maximum Gasteiger partial charge on any atom is 0.0140 e. The summed E-state index contributed by atoms with van der Waals surface area (Å²) in [6.07, 6.45) is 4.97. The molecule has 0 saturated carbocycles. The lowest BCUT2D eigenvalue weighted by Crippen LogP contribution is -2.15. The predicted octanol–water partition coefficient (Wildman–Crippen LogP) is 1.62. The molecule has 0 saturated heterocycles. The van der Waals surface area contributed by atoms with Crippen LogP contribution in [0.5, 0.6) is 0 Å². The molecule has 0 aliphatic heterocycles. The molecule has 4 heteroatoms. The van der Waals surface area contributed by atoms with Gasteiger partial charge in [0.2, 0.25) is 0 Å². The van der Waals surface area contributed by atoms with E-state index in [1.807, 2.05) is 0 Å². The molecular weight excluding hydrogens is 195 g/mol. The van der Waals surface area contributed by atoms with Crippen LogP contribution in [-0.2, 0) is 0 Å². The van der Waals surface area contributed by atoms with Gasteiger partial charge in [-0.05, 0) is 25.7 Å². The first-order valence-corrected chi connectivity index (χ1v) is 3.98. The van der Waals surface area contributed by atoms with Gasteiger partial charge in [0.15, 0.2) is 0 Å². The summed E-state index contributed by atoms with van der Waals surface area (Å²) in [5.74, 6) is 0. The summed E-state index contributed by atoms with van der Waals surface area (Å²) in [5, 5.41) is 0. The Hall–Kier alpha value is 0.240. The molecule has 0 heterocycles. The summed E-state index contributed by atoms with van der Waals surface area (Å²) >= 11 is 0. The largest absolute Gasteiger partial charge is 0.327 e. The highest BCUT2D eigenvalue weighted by Crippen LogP contribution is 2.22. The molecular formula is C8H18Cl2N2.